The third-order valence-electron chi connectivity index (χ3n) is 3.09. The van der Waals surface area contributed by atoms with Crippen LogP contribution in [-0.2, 0) is 6.54 Å². The molecule has 0 saturated carbocycles. The molecule has 1 aromatic carbocycles. The van der Waals surface area contributed by atoms with Gasteiger partial charge in [0.2, 0.25) is 0 Å². The third kappa shape index (κ3) is 3.69. The second-order valence-electron chi connectivity index (χ2n) is 4.81. The molecule has 2 aromatic rings. The Morgan fingerprint density at radius 2 is 1.67 bits per heavy atom. The van der Waals surface area contributed by atoms with E-state index in [-0.39, 0.29) is 5.82 Å². The third-order valence-corrected chi connectivity index (χ3v) is 3.84. The van der Waals surface area contributed by atoms with Gasteiger partial charge in [-0.15, -0.1) is 0 Å². The van der Waals surface area contributed by atoms with Crippen molar-refractivity contribution in [2.24, 2.45) is 0 Å². The summed E-state index contributed by atoms with van der Waals surface area (Å²) in [6.45, 7) is 6.91. The fraction of sp³-hybridized carbons (Fsp3) is 0.333. The van der Waals surface area contributed by atoms with Crippen molar-refractivity contribution in [1.82, 2.24) is 9.97 Å². The molecule has 112 valence electrons. The standard InChI is InChI=1S/C15H18BrFN4/c1-4-18-14-12(16)15(21-8-20-14)19-7-11-5-9(2)13(17)10(3)6-11/h5-6,8H,4,7H2,1-3H3,(H2,18,19,20,21). The first-order valence-corrected chi connectivity index (χ1v) is 7.56. The highest BCUT2D eigenvalue weighted by atomic mass is 79.9. The van der Waals surface area contributed by atoms with Crippen molar-refractivity contribution < 1.29 is 4.39 Å². The van der Waals surface area contributed by atoms with E-state index in [1.165, 1.54) is 6.33 Å². The molecule has 2 rings (SSSR count). The highest BCUT2D eigenvalue weighted by Crippen LogP contribution is 2.27. The van der Waals surface area contributed by atoms with E-state index >= 15 is 0 Å². The molecular weight excluding hydrogens is 335 g/mol. The summed E-state index contributed by atoms with van der Waals surface area (Å²) in [6.07, 6.45) is 1.51. The Morgan fingerprint density at radius 3 is 2.24 bits per heavy atom. The fourth-order valence-electron chi connectivity index (χ4n) is 2.11. The SMILES string of the molecule is CCNc1ncnc(NCc2cc(C)c(F)c(C)c2)c1Br. The molecular formula is C15H18BrFN4. The van der Waals surface area contributed by atoms with Crippen LogP contribution in [0.4, 0.5) is 16.0 Å². The molecule has 21 heavy (non-hydrogen) atoms. The van der Waals surface area contributed by atoms with Gasteiger partial charge in [0.25, 0.3) is 0 Å². The lowest BCUT2D eigenvalue weighted by Gasteiger charge is -2.12. The molecule has 0 radical (unpaired) electrons. The van der Waals surface area contributed by atoms with Gasteiger partial charge < -0.3 is 10.6 Å². The molecule has 1 aromatic heterocycles. The van der Waals surface area contributed by atoms with Gasteiger partial charge in [0.05, 0.1) is 0 Å². The molecule has 1 heterocycles. The van der Waals surface area contributed by atoms with E-state index in [9.17, 15) is 4.39 Å². The summed E-state index contributed by atoms with van der Waals surface area (Å²) in [5.41, 5.74) is 2.32. The van der Waals surface area contributed by atoms with Crippen LogP contribution in [0.15, 0.2) is 22.9 Å². The van der Waals surface area contributed by atoms with Crippen LogP contribution in [0.5, 0.6) is 0 Å². The van der Waals surface area contributed by atoms with Crippen LogP contribution in [0.2, 0.25) is 0 Å². The second-order valence-corrected chi connectivity index (χ2v) is 5.61. The predicted molar refractivity (Wildman–Crippen MR) is 87.1 cm³/mol. The lowest BCUT2D eigenvalue weighted by atomic mass is 10.1. The molecule has 0 saturated heterocycles. The highest BCUT2D eigenvalue weighted by Gasteiger charge is 2.09. The molecule has 0 aliphatic heterocycles. The average molecular weight is 353 g/mol. The number of nitrogens with one attached hydrogen (secondary N) is 2. The van der Waals surface area contributed by atoms with Crippen LogP contribution in [0, 0.1) is 19.7 Å². The minimum Gasteiger partial charge on any atom is -0.369 e. The zero-order valence-corrected chi connectivity index (χ0v) is 13.9. The van der Waals surface area contributed by atoms with Gasteiger partial charge in [0.15, 0.2) is 0 Å². The summed E-state index contributed by atoms with van der Waals surface area (Å²) in [4.78, 5) is 8.38. The Morgan fingerprint density at radius 1 is 1.10 bits per heavy atom. The number of aromatic nitrogens is 2. The van der Waals surface area contributed by atoms with E-state index in [0.717, 1.165) is 22.4 Å². The maximum Gasteiger partial charge on any atom is 0.146 e. The molecule has 0 atom stereocenters. The van der Waals surface area contributed by atoms with Gasteiger partial charge in [-0.3, -0.25) is 0 Å². The summed E-state index contributed by atoms with van der Waals surface area (Å²) in [5.74, 6) is 1.32. The van der Waals surface area contributed by atoms with E-state index in [0.29, 0.717) is 23.5 Å². The minimum atomic E-state index is -0.142. The average Bonchev–Trinajstić information content (AvgIpc) is 2.45. The number of halogens is 2. The number of anilines is 2. The summed E-state index contributed by atoms with van der Waals surface area (Å²) < 4.78 is 14.4. The lowest BCUT2D eigenvalue weighted by Crippen LogP contribution is -2.07. The molecule has 2 N–H and O–H groups in total. The maximum absolute atomic E-state index is 13.6. The molecule has 0 unspecified atom stereocenters. The van der Waals surface area contributed by atoms with Gasteiger partial charge in [0, 0.05) is 13.1 Å². The van der Waals surface area contributed by atoms with Gasteiger partial charge in [-0.1, -0.05) is 12.1 Å². The summed E-state index contributed by atoms with van der Waals surface area (Å²) in [5, 5.41) is 6.39. The van der Waals surface area contributed by atoms with Crippen LogP contribution < -0.4 is 10.6 Å². The maximum atomic E-state index is 13.6. The van der Waals surface area contributed by atoms with Crippen molar-refractivity contribution >= 4 is 27.6 Å². The Kier molecular flexibility index (Phi) is 5.12. The Labute approximate surface area is 132 Å². The van der Waals surface area contributed by atoms with Crippen molar-refractivity contribution in [3.05, 3.63) is 45.4 Å². The molecule has 0 aliphatic carbocycles. The zero-order chi connectivity index (χ0) is 15.4. The van der Waals surface area contributed by atoms with Gasteiger partial charge in [-0.2, -0.15) is 0 Å². The Hall–Kier alpha value is -1.69. The van der Waals surface area contributed by atoms with Crippen LogP contribution in [0.1, 0.15) is 23.6 Å². The van der Waals surface area contributed by atoms with Crippen molar-refractivity contribution in [2.45, 2.75) is 27.3 Å². The highest BCUT2D eigenvalue weighted by molar-refractivity contribution is 9.10. The van der Waals surface area contributed by atoms with E-state index in [2.05, 4.69) is 36.5 Å². The molecule has 0 amide bonds. The number of rotatable bonds is 5. The van der Waals surface area contributed by atoms with Crippen LogP contribution in [0.25, 0.3) is 0 Å². The monoisotopic (exact) mass is 352 g/mol. The molecule has 0 aliphatic rings. The number of hydrogen-bond acceptors (Lipinski definition) is 4. The normalized spacial score (nSPS) is 10.5. The van der Waals surface area contributed by atoms with E-state index in [4.69, 9.17) is 0 Å². The smallest absolute Gasteiger partial charge is 0.146 e. The van der Waals surface area contributed by atoms with Crippen LogP contribution >= 0.6 is 15.9 Å². The first kappa shape index (κ1) is 15.7. The largest absolute Gasteiger partial charge is 0.369 e. The number of hydrogen-bond donors (Lipinski definition) is 2. The summed E-state index contributed by atoms with van der Waals surface area (Å²) >= 11 is 3.49. The molecule has 4 nitrogen and oxygen atoms in total. The molecule has 0 fully saturated rings. The van der Waals surface area contributed by atoms with Gasteiger partial charge >= 0.3 is 0 Å². The second kappa shape index (κ2) is 6.85. The van der Waals surface area contributed by atoms with Crippen LogP contribution in [0.3, 0.4) is 0 Å². The Bertz CT molecular complexity index is 623. The minimum absolute atomic E-state index is 0.142. The quantitative estimate of drug-likeness (QED) is 0.852. The van der Waals surface area contributed by atoms with Crippen molar-refractivity contribution in [3.63, 3.8) is 0 Å². The molecule has 0 spiro atoms. The van der Waals surface area contributed by atoms with E-state index < -0.39 is 0 Å². The lowest BCUT2D eigenvalue weighted by molar-refractivity contribution is 0.608. The fourth-order valence-corrected chi connectivity index (χ4v) is 2.59. The topological polar surface area (TPSA) is 49.8 Å². The summed E-state index contributed by atoms with van der Waals surface area (Å²) in [7, 11) is 0. The van der Waals surface area contributed by atoms with Gasteiger partial charge in [-0.05, 0) is 53.4 Å². The van der Waals surface area contributed by atoms with Crippen molar-refractivity contribution in [1.29, 1.82) is 0 Å². The van der Waals surface area contributed by atoms with Gasteiger partial charge in [-0.25, -0.2) is 14.4 Å². The zero-order valence-electron chi connectivity index (χ0n) is 12.3. The summed E-state index contributed by atoms with van der Waals surface area (Å²) in [6, 6.07) is 3.69. The number of aryl methyl sites for hydroxylation is 2. The van der Waals surface area contributed by atoms with Crippen molar-refractivity contribution in [2.75, 3.05) is 17.2 Å². The van der Waals surface area contributed by atoms with E-state index in [1.54, 1.807) is 13.8 Å². The van der Waals surface area contributed by atoms with Crippen molar-refractivity contribution in [3.8, 4) is 0 Å². The molecule has 0 bridgehead atoms. The Balaban J connectivity index is 2.15. The number of benzene rings is 1. The van der Waals surface area contributed by atoms with Gasteiger partial charge in [0.1, 0.15) is 28.3 Å². The number of nitrogens with zero attached hydrogens (tertiary/aromatic N) is 2. The first-order chi connectivity index (χ1) is 10.0. The van der Waals surface area contributed by atoms with Crippen LogP contribution in [-0.4, -0.2) is 16.5 Å². The predicted octanol–water partition coefficient (Wildman–Crippen LogP) is 4.04. The van der Waals surface area contributed by atoms with E-state index in [1.807, 2.05) is 19.1 Å². The first-order valence-electron chi connectivity index (χ1n) is 6.76. The molecule has 6 heteroatoms.